The fourth-order valence-corrected chi connectivity index (χ4v) is 3.77. The van der Waals surface area contributed by atoms with E-state index in [0.717, 1.165) is 12.1 Å². The first-order valence-corrected chi connectivity index (χ1v) is 9.40. The lowest BCUT2D eigenvalue weighted by atomic mass is 10.3. The highest BCUT2D eigenvalue weighted by Crippen LogP contribution is 2.30. The first-order valence-electron chi connectivity index (χ1n) is 7.91. The largest absolute Gasteiger partial charge is 0.497 e. The van der Waals surface area contributed by atoms with Crippen LogP contribution in [0.25, 0.3) is 11.0 Å². The molecule has 10 nitrogen and oxygen atoms in total. The van der Waals surface area contributed by atoms with Crippen molar-refractivity contribution in [2.75, 3.05) is 11.8 Å². The van der Waals surface area contributed by atoms with Crippen molar-refractivity contribution in [1.82, 2.24) is 14.8 Å². The Hall–Kier alpha value is -3.21. The van der Waals surface area contributed by atoms with Gasteiger partial charge in [-0.05, 0) is 32.0 Å². The molecule has 0 fully saturated rings. The third-order valence-electron chi connectivity index (χ3n) is 3.83. The highest BCUT2D eigenvalue weighted by atomic mass is 32.2. The molecule has 0 unspecified atom stereocenters. The second-order valence-corrected chi connectivity index (χ2v) is 7.67. The first kappa shape index (κ1) is 18.6. The molecule has 0 saturated heterocycles. The van der Waals surface area contributed by atoms with E-state index in [1.165, 1.54) is 19.4 Å². The fraction of sp³-hybridized carbons (Fsp3) is 0.250. The van der Waals surface area contributed by atoms with Crippen LogP contribution in [0.2, 0.25) is 0 Å². The van der Waals surface area contributed by atoms with Gasteiger partial charge in [0.2, 0.25) is 0 Å². The molecule has 0 saturated carbocycles. The number of nitrogens with one attached hydrogen (secondary N) is 1. The number of aromatic nitrogens is 3. The van der Waals surface area contributed by atoms with E-state index >= 15 is 0 Å². The molecule has 27 heavy (non-hydrogen) atoms. The molecule has 0 aliphatic rings. The third kappa shape index (κ3) is 3.53. The highest BCUT2D eigenvalue weighted by molar-refractivity contribution is 7.92. The minimum Gasteiger partial charge on any atom is -0.497 e. The topological polar surface area (TPSA) is 129 Å². The third-order valence-corrected chi connectivity index (χ3v) is 5.26. The molecule has 142 valence electrons. The van der Waals surface area contributed by atoms with Crippen LogP contribution in [-0.2, 0) is 10.0 Å². The van der Waals surface area contributed by atoms with Gasteiger partial charge in [-0.2, -0.15) is 5.10 Å². The predicted molar refractivity (Wildman–Crippen MR) is 98.4 cm³/mol. The van der Waals surface area contributed by atoms with E-state index in [4.69, 9.17) is 4.74 Å². The summed E-state index contributed by atoms with van der Waals surface area (Å²) in [5.41, 5.74) is 0.211. The minimum atomic E-state index is -4.21. The Morgan fingerprint density at radius 3 is 2.63 bits per heavy atom. The smallest absolute Gasteiger partial charge is 0.293 e. The van der Waals surface area contributed by atoms with Gasteiger partial charge < -0.3 is 4.74 Å². The SMILES string of the molecule is COc1ccc(S(=O)(=O)Nc2cnc3c(cnn3C(C)C)c2)c([N+](=O)[O-])c1. The molecule has 0 bridgehead atoms. The highest BCUT2D eigenvalue weighted by Gasteiger charge is 2.27. The number of sulfonamides is 1. The van der Waals surface area contributed by atoms with Gasteiger partial charge in [-0.25, -0.2) is 18.1 Å². The summed E-state index contributed by atoms with van der Waals surface area (Å²) in [4.78, 5) is 14.3. The van der Waals surface area contributed by atoms with E-state index in [9.17, 15) is 18.5 Å². The van der Waals surface area contributed by atoms with Crippen LogP contribution >= 0.6 is 0 Å². The summed E-state index contributed by atoms with van der Waals surface area (Å²) in [7, 11) is -2.87. The zero-order valence-electron chi connectivity index (χ0n) is 14.8. The summed E-state index contributed by atoms with van der Waals surface area (Å²) in [6, 6.07) is 5.20. The summed E-state index contributed by atoms with van der Waals surface area (Å²) < 4.78 is 34.3. The lowest BCUT2D eigenvalue weighted by Crippen LogP contribution is -2.15. The van der Waals surface area contributed by atoms with Crippen molar-refractivity contribution in [3.05, 3.63) is 46.8 Å². The molecule has 0 aliphatic carbocycles. The van der Waals surface area contributed by atoms with Crippen LogP contribution < -0.4 is 9.46 Å². The molecule has 3 aromatic rings. The first-order chi connectivity index (χ1) is 12.7. The summed E-state index contributed by atoms with van der Waals surface area (Å²) in [5.74, 6) is 0.185. The van der Waals surface area contributed by atoms with Gasteiger partial charge >= 0.3 is 0 Å². The van der Waals surface area contributed by atoms with Crippen molar-refractivity contribution in [1.29, 1.82) is 0 Å². The average Bonchev–Trinajstić information content (AvgIpc) is 3.04. The van der Waals surface area contributed by atoms with Crippen LogP contribution in [-0.4, -0.2) is 35.2 Å². The Morgan fingerprint density at radius 1 is 1.26 bits per heavy atom. The number of anilines is 1. The number of methoxy groups -OCH3 is 1. The molecule has 0 amide bonds. The molecule has 2 heterocycles. The summed E-state index contributed by atoms with van der Waals surface area (Å²) in [5, 5.41) is 16.1. The predicted octanol–water partition coefficient (Wildman–Crippen LogP) is 2.73. The van der Waals surface area contributed by atoms with Crippen LogP contribution in [0, 0.1) is 10.1 Å². The molecule has 3 rings (SSSR count). The average molecular weight is 391 g/mol. The Kier molecular flexibility index (Phi) is 4.70. The molecule has 0 aliphatic heterocycles. The Labute approximate surface area is 155 Å². The zero-order chi connectivity index (χ0) is 19.8. The number of nitro benzene ring substituents is 1. The van der Waals surface area contributed by atoms with Crippen molar-refractivity contribution in [3.8, 4) is 5.75 Å². The minimum absolute atomic E-state index is 0.0968. The maximum atomic E-state index is 12.7. The summed E-state index contributed by atoms with van der Waals surface area (Å²) in [6.45, 7) is 3.90. The van der Waals surface area contributed by atoms with Crippen molar-refractivity contribution in [3.63, 3.8) is 0 Å². The van der Waals surface area contributed by atoms with Gasteiger partial charge in [0, 0.05) is 11.4 Å². The van der Waals surface area contributed by atoms with Crippen molar-refractivity contribution < 1.29 is 18.1 Å². The molecule has 0 atom stereocenters. The summed E-state index contributed by atoms with van der Waals surface area (Å²) in [6.07, 6.45) is 2.92. The van der Waals surface area contributed by atoms with E-state index in [1.54, 1.807) is 16.9 Å². The van der Waals surface area contributed by atoms with Crippen molar-refractivity contribution in [2.24, 2.45) is 0 Å². The van der Waals surface area contributed by atoms with Gasteiger partial charge in [0.25, 0.3) is 15.7 Å². The monoisotopic (exact) mass is 391 g/mol. The Bertz CT molecular complexity index is 1120. The molecule has 0 radical (unpaired) electrons. The maximum absolute atomic E-state index is 12.7. The normalized spacial score (nSPS) is 11.7. The van der Waals surface area contributed by atoms with Crippen molar-refractivity contribution >= 4 is 32.4 Å². The molecule has 0 spiro atoms. The van der Waals surface area contributed by atoms with Gasteiger partial charge in [-0.15, -0.1) is 0 Å². The van der Waals surface area contributed by atoms with Crippen LogP contribution in [0.5, 0.6) is 5.75 Å². The number of benzene rings is 1. The lowest BCUT2D eigenvalue weighted by molar-refractivity contribution is -0.387. The Balaban J connectivity index is 2.00. The van der Waals surface area contributed by atoms with Gasteiger partial charge in [-0.1, -0.05) is 0 Å². The standard InChI is InChI=1S/C16H17N5O5S/c1-10(2)20-16-11(8-18-20)6-12(9-17-16)19-27(24,25)15-5-4-13(26-3)7-14(15)21(22)23/h4-10,19H,1-3H3. The van der Waals surface area contributed by atoms with E-state index in [2.05, 4.69) is 14.8 Å². The van der Waals surface area contributed by atoms with Crippen LogP contribution in [0.4, 0.5) is 11.4 Å². The van der Waals surface area contributed by atoms with Gasteiger partial charge in [-0.3, -0.25) is 14.8 Å². The lowest BCUT2D eigenvalue weighted by Gasteiger charge is -2.10. The van der Waals surface area contributed by atoms with Crippen LogP contribution in [0.3, 0.4) is 0 Å². The zero-order valence-corrected chi connectivity index (χ0v) is 15.6. The quantitative estimate of drug-likeness (QED) is 0.505. The van der Waals surface area contributed by atoms with Gasteiger partial charge in [0.15, 0.2) is 10.5 Å². The number of pyridine rings is 1. The molecule has 1 aromatic carbocycles. The van der Waals surface area contributed by atoms with E-state index < -0.39 is 25.5 Å². The number of rotatable bonds is 6. The molecule has 1 N–H and O–H groups in total. The second kappa shape index (κ2) is 6.83. The second-order valence-electron chi connectivity index (χ2n) is 6.02. The number of nitro groups is 1. The fourth-order valence-electron chi connectivity index (χ4n) is 2.58. The van der Waals surface area contributed by atoms with Crippen molar-refractivity contribution in [2.45, 2.75) is 24.8 Å². The molecular formula is C16H17N5O5S. The van der Waals surface area contributed by atoms with Crippen LogP contribution in [0.15, 0.2) is 41.6 Å². The van der Waals surface area contributed by atoms with E-state index in [1.807, 2.05) is 13.8 Å². The van der Waals surface area contributed by atoms with Gasteiger partial charge in [0.05, 0.1) is 36.2 Å². The van der Waals surface area contributed by atoms with E-state index in [-0.39, 0.29) is 17.5 Å². The number of ether oxygens (including phenoxy) is 1. The van der Waals surface area contributed by atoms with E-state index in [0.29, 0.717) is 11.0 Å². The summed E-state index contributed by atoms with van der Waals surface area (Å²) >= 11 is 0. The van der Waals surface area contributed by atoms with Gasteiger partial charge in [0.1, 0.15) is 5.75 Å². The van der Waals surface area contributed by atoms with Crippen LogP contribution in [0.1, 0.15) is 19.9 Å². The molecular weight excluding hydrogens is 374 g/mol. The number of nitrogens with zero attached hydrogens (tertiary/aromatic N) is 4. The maximum Gasteiger partial charge on any atom is 0.293 e. The number of fused-ring (bicyclic) bond motifs is 1. The molecule has 2 aromatic heterocycles. The molecule has 11 heteroatoms. The Morgan fingerprint density at radius 2 is 2.00 bits per heavy atom. The number of hydrogen-bond donors (Lipinski definition) is 1. The number of hydrogen-bond acceptors (Lipinski definition) is 7.